The van der Waals surface area contributed by atoms with E-state index in [1.807, 2.05) is 11.3 Å². The van der Waals surface area contributed by atoms with Gasteiger partial charge in [-0.15, -0.1) is 11.3 Å². The van der Waals surface area contributed by atoms with Crippen molar-refractivity contribution in [3.63, 3.8) is 0 Å². The average Bonchev–Trinajstić information content (AvgIpc) is 3.01. The zero-order valence-electron chi connectivity index (χ0n) is 12.5. The summed E-state index contributed by atoms with van der Waals surface area (Å²) in [7, 11) is 0. The number of fused-ring (bicyclic) bond motifs is 5. The van der Waals surface area contributed by atoms with Crippen molar-refractivity contribution >= 4 is 42.3 Å². The second-order valence-corrected chi connectivity index (χ2v) is 6.87. The molecule has 0 spiro atoms. The number of rotatable bonds is 1. The van der Waals surface area contributed by atoms with Gasteiger partial charge in [0.2, 0.25) is 0 Å². The fourth-order valence-electron chi connectivity index (χ4n) is 3.41. The second-order valence-electron chi connectivity index (χ2n) is 5.81. The van der Waals surface area contributed by atoms with E-state index in [4.69, 9.17) is 0 Å². The van der Waals surface area contributed by atoms with Crippen LogP contribution in [0.15, 0.2) is 84.9 Å². The molecule has 0 saturated heterocycles. The molecule has 0 aliphatic rings. The third-order valence-electron chi connectivity index (χ3n) is 4.45. The fourth-order valence-corrected chi connectivity index (χ4v) is 4.66. The standard InChI is InChI=1S/C22H14S/c1-2-8-15(9-3-1)19-14-16-10-4-5-11-17(16)21-18-12-6-7-13-20(18)23-22(19)21/h1-14H. The Hall–Kier alpha value is -2.64. The lowest BCUT2D eigenvalue weighted by molar-refractivity contribution is 1.68. The first-order valence-corrected chi connectivity index (χ1v) is 8.62. The molecule has 0 aliphatic heterocycles. The van der Waals surface area contributed by atoms with Gasteiger partial charge in [-0.05, 0) is 28.5 Å². The molecule has 1 aromatic heterocycles. The zero-order valence-corrected chi connectivity index (χ0v) is 13.3. The van der Waals surface area contributed by atoms with Crippen molar-refractivity contribution in [1.82, 2.24) is 0 Å². The van der Waals surface area contributed by atoms with E-state index in [9.17, 15) is 0 Å². The van der Waals surface area contributed by atoms with Crippen molar-refractivity contribution in [3.8, 4) is 11.1 Å². The molecule has 4 aromatic carbocycles. The molecule has 0 radical (unpaired) electrons. The highest BCUT2D eigenvalue weighted by Gasteiger charge is 2.13. The Morgan fingerprint density at radius 1 is 0.609 bits per heavy atom. The van der Waals surface area contributed by atoms with Crippen LogP contribution in [0.2, 0.25) is 0 Å². The lowest BCUT2D eigenvalue weighted by Crippen LogP contribution is -1.81. The Labute approximate surface area is 138 Å². The first-order chi connectivity index (χ1) is 11.4. The Morgan fingerprint density at radius 3 is 2.17 bits per heavy atom. The summed E-state index contributed by atoms with van der Waals surface area (Å²) in [6, 6.07) is 30.5. The van der Waals surface area contributed by atoms with Crippen LogP contribution in [-0.4, -0.2) is 0 Å². The van der Waals surface area contributed by atoms with Gasteiger partial charge in [-0.25, -0.2) is 0 Å². The third-order valence-corrected chi connectivity index (χ3v) is 5.66. The van der Waals surface area contributed by atoms with E-state index in [0.29, 0.717) is 0 Å². The highest BCUT2D eigenvalue weighted by Crippen LogP contribution is 2.43. The molecule has 23 heavy (non-hydrogen) atoms. The molecule has 0 fully saturated rings. The minimum atomic E-state index is 1.29. The first kappa shape index (κ1) is 12.9. The number of hydrogen-bond acceptors (Lipinski definition) is 1. The summed E-state index contributed by atoms with van der Waals surface area (Å²) < 4.78 is 2.74. The molecule has 0 aliphatic carbocycles. The van der Waals surface area contributed by atoms with Crippen LogP contribution in [0.25, 0.3) is 42.1 Å². The summed E-state index contributed by atoms with van der Waals surface area (Å²) in [6.45, 7) is 0. The van der Waals surface area contributed by atoms with E-state index in [-0.39, 0.29) is 0 Å². The average molecular weight is 310 g/mol. The van der Waals surface area contributed by atoms with Gasteiger partial charge in [0.15, 0.2) is 0 Å². The number of hydrogen-bond donors (Lipinski definition) is 0. The van der Waals surface area contributed by atoms with Gasteiger partial charge in [-0.1, -0.05) is 72.8 Å². The van der Waals surface area contributed by atoms with Gasteiger partial charge in [-0.3, -0.25) is 0 Å². The molecule has 0 saturated carbocycles. The maximum atomic E-state index is 2.34. The zero-order chi connectivity index (χ0) is 15.2. The highest BCUT2D eigenvalue weighted by atomic mass is 32.1. The summed E-state index contributed by atoms with van der Waals surface area (Å²) in [4.78, 5) is 0. The van der Waals surface area contributed by atoms with Crippen LogP contribution in [0.1, 0.15) is 0 Å². The van der Waals surface area contributed by atoms with Crippen LogP contribution in [0.4, 0.5) is 0 Å². The van der Waals surface area contributed by atoms with Gasteiger partial charge in [0.1, 0.15) is 0 Å². The highest BCUT2D eigenvalue weighted by molar-refractivity contribution is 7.26. The van der Waals surface area contributed by atoms with E-state index >= 15 is 0 Å². The first-order valence-electron chi connectivity index (χ1n) is 7.80. The lowest BCUT2D eigenvalue weighted by Gasteiger charge is -2.08. The minimum Gasteiger partial charge on any atom is -0.135 e. The molecule has 5 aromatic rings. The van der Waals surface area contributed by atoms with E-state index < -0.39 is 0 Å². The summed E-state index contributed by atoms with van der Waals surface area (Å²) >= 11 is 1.90. The Bertz CT molecular complexity index is 1150. The molecular weight excluding hydrogens is 296 g/mol. The van der Waals surface area contributed by atoms with Crippen LogP contribution in [-0.2, 0) is 0 Å². The van der Waals surface area contributed by atoms with Gasteiger partial charge in [0.25, 0.3) is 0 Å². The van der Waals surface area contributed by atoms with Crippen molar-refractivity contribution in [2.75, 3.05) is 0 Å². The van der Waals surface area contributed by atoms with Gasteiger partial charge in [0.05, 0.1) is 0 Å². The largest absolute Gasteiger partial charge is 0.135 e. The van der Waals surface area contributed by atoms with Crippen molar-refractivity contribution < 1.29 is 0 Å². The second kappa shape index (κ2) is 4.94. The van der Waals surface area contributed by atoms with E-state index in [2.05, 4.69) is 84.9 Å². The molecular formula is C22H14S. The molecule has 0 bridgehead atoms. The molecule has 0 unspecified atom stereocenters. The summed E-state index contributed by atoms with van der Waals surface area (Å²) in [5.41, 5.74) is 2.62. The summed E-state index contributed by atoms with van der Waals surface area (Å²) in [5.74, 6) is 0. The number of thiophene rings is 1. The van der Waals surface area contributed by atoms with Gasteiger partial charge in [-0.2, -0.15) is 0 Å². The van der Waals surface area contributed by atoms with E-state index in [1.54, 1.807) is 0 Å². The SMILES string of the molecule is c1ccc(-c2cc3ccccc3c3c2sc2ccccc23)cc1. The quantitative estimate of drug-likeness (QED) is 0.317. The Morgan fingerprint density at radius 2 is 1.30 bits per heavy atom. The maximum Gasteiger partial charge on any atom is 0.0440 e. The predicted octanol–water partition coefficient (Wildman–Crippen LogP) is 6.87. The van der Waals surface area contributed by atoms with Crippen LogP contribution >= 0.6 is 11.3 Å². The predicted molar refractivity (Wildman–Crippen MR) is 102 cm³/mol. The molecule has 0 atom stereocenters. The number of benzene rings is 4. The molecule has 1 heterocycles. The lowest BCUT2D eigenvalue weighted by atomic mass is 9.97. The summed E-state index contributed by atoms with van der Waals surface area (Å²) in [5, 5.41) is 5.41. The minimum absolute atomic E-state index is 1.29. The fraction of sp³-hybridized carbons (Fsp3) is 0. The van der Waals surface area contributed by atoms with Crippen molar-refractivity contribution in [1.29, 1.82) is 0 Å². The smallest absolute Gasteiger partial charge is 0.0440 e. The van der Waals surface area contributed by atoms with Crippen molar-refractivity contribution in [3.05, 3.63) is 84.9 Å². The topological polar surface area (TPSA) is 0 Å². The van der Waals surface area contributed by atoms with E-state index in [1.165, 1.54) is 42.1 Å². The molecule has 1 heteroatoms. The van der Waals surface area contributed by atoms with Crippen LogP contribution in [0.3, 0.4) is 0 Å². The van der Waals surface area contributed by atoms with Gasteiger partial charge < -0.3 is 0 Å². The molecule has 0 N–H and O–H groups in total. The molecule has 0 nitrogen and oxygen atoms in total. The van der Waals surface area contributed by atoms with Crippen LogP contribution in [0, 0.1) is 0 Å². The maximum absolute atomic E-state index is 2.34. The third kappa shape index (κ3) is 1.90. The summed E-state index contributed by atoms with van der Waals surface area (Å²) in [6.07, 6.45) is 0. The Kier molecular flexibility index (Phi) is 2.76. The van der Waals surface area contributed by atoms with Crippen molar-refractivity contribution in [2.24, 2.45) is 0 Å². The molecule has 5 rings (SSSR count). The normalized spacial score (nSPS) is 11.5. The van der Waals surface area contributed by atoms with Gasteiger partial charge >= 0.3 is 0 Å². The van der Waals surface area contributed by atoms with Crippen LogP contribution < -0.4 is 0 Å². The Balaban J connectivity index is 2.05. The van der Waals surface area contributed by atoms with Gasteiger partial charge in [0, 0.05) is 25.7 Å². The van der Waals surface area contributed by atoms with E-state index in [0.717, 1.165) is 0 Å². The monoisotopic (exact) mass is 310 g/mol. The molecule has 108 valence electrons. The van der Waals surface area contributed by atoms with Crippen molar-refractivity contribution in [2.45, 2.75) is 0 Å². The van der Waals surface area contributed by atoms with Crippen LogP contribution in [0.5, 0.6) is 0 Å². The molecule has 0 amide bonds.